The molecular weight excluding hydrogens is 1010 g/mol. The van der Waals surface area contributed by atoms with Crippen LogP contribution in [0.2, 0.25) is 0 Å². The number of benzene rings is 4. The lowest BCUT2D eigenvalue weighted by Crippen LogP contribution is -2.43. The summed E-state index contributed by atoms with van der Waals surface area (Å²) in [6.07, 6.45) is 6.26. The second-order valence-electron chi connectivity index (χ2n) is 18.9. The fourth-order valence-corrected chi connectivity index (χ4v) is 9.24. The number of halogens is 8. The van der Waals surface area contributed by atoms with Gasteiger partial charge in [0.2, 0.25) is 11.6 Å². The largest absolute Gasteiger partial charge is 0.464 e. The molecule has 4 aromatic carbocycles. The minimum Gasteiger partial charge on any atom is -0.464 e. The van der Waals surface area contributed by atoms with Crippen molar-refractivity contribution in [1.82, 2.24) is 0 Å². The highest BCUT2D eigenvalue weighted by Gasteiger charge is 2.51. The molecule has 0 aliphatic heterocycles. The average molecular weight is 1080 g/mol. The molecule has 4 aliphatic carbocycles. The van der Waals surface area contributed by atoms with Crippen molar-refractivity contribution >= 4 is 35.4 Å². The van der Waals surface area contributed by atoms with Crippen LogP contribution in [-0.2, 0) is 94.3 Å². The number of hydrogen-bond acceptors (Lipinski definition) is 11. The van der Waals surface area contributed by atoms with E-state index in [2.05, 4.69) is 56.3 Å². The van der Waals surface area contributed by atoms with Crippen molar-refractivity contribution in [2.75, 3.05) is 26.9 Å². The third kappa shape index (κ3) is 17.5. The Labute approximate surface area is 436 Å². The predicted molar refractivity (Wildman–Crippen MR) is 266 cm³/mol. The van der Waals surface area contributed by atoms with E-state index in [0.717, 1.165) is 55.0 Å². The van der Waals surface area contributed by atoms with Gasteiger partial charge in [-0.2, -0.15) is 26.3 Å². The van der Waals surface area contributed by atoms with Crippen molar-refractivity contribution in [3.63, 3.8) is 0 Å². The number of esters is 3. The van der Waals surface area contributed by atoms with E-state index in [-0.39, 0.29) is 44.3 Å². The molecule has 0 bridgehead atoms. The van der Waals surface area contributed by atoms with Gasteiger partial charge >= 0.3 is 35.7 Å². The van der Waals surface area contributed by atoms with E-state index in [1.54, 1.807) is 0 Å². The van der Waals surface area contributed by atoms with E-state index in [9.17, 15) is 63.9 Å². The van der Waals surface area contributed by atoms with Crippen LogP contribution in [-0.4, -0.2) is 92.0 Å². The summed E-state index contributed by atoms with van der Waals surface area (Å²) in [6.45, 7) is 1.76. The first-order valence-corrected chi connectivity index (χ1v) is 24.8. The molecule has 0 unspecified atom stereocenters. The van der Waals surface area contributed by atoms with Crippen LogP contribution in [0.15, 0.2) is 97.1 Å². The second-order valence-corrected chi connectivity index (χ2v) is 18.9. The highest BCUT2D eigenvalue weighted by Crippen LogP contribution is 2.34. The van der Waals surface area contributed by atoms with Gasteiger partial charge in [0.1, 0.15) is 0 Å². The number of ketones is 2. The zero-order valence-electron chi connectivity index (χ0n) is 42.6. The van der Waals surface area contributed by atoms with Crippen molar-refractivity contribution in [2.45, 2.75) is 121 Å². The molecule has 4 aliphatic rings. The van der Waals surface area contributed by atoms with Crippen LogP contribution in [0, 0.1) is 17.8 Å². The Morgan fingerprint density at radius 3 is 1.08 bits per heavy atom. The zero-order valence-corrected chi connectivity index (χ0v) is 42.6. The molecule has 0 radical (unpaired) electrons. The highest BCUT2D eigenvalue weighted by atomic mass is 19.3. The maximum Gasteiger partial charge on any atom is 0.437 e. The molecule has 4 aromatic rings. The molecule has 0 spiro atoms. The molecule has 0 saturated heterocycles. The van der Waals surface area contributed by atoms with Gasteiger partial charge in [-0.1, -0.05) is 97.1 Å². The van der Waals surface area contributed by atoms with E-state index >= 15 is 0 Å². The van der Waals surface area contributed by atoms with Crippen molar-refractivity contribution in [2.24, 2.45) is 35.0 Å². The van der Waals surface area contributed by atoms with Crippen LogP contribution in [0.4, 0.5) is 35.1 Å². The van der Waals surface area contributed by atoms with Gasteiger partial charge in [-0.3, -0.25) is 14.4 Å². The van der Waals surface area contributed by atoms with E-state index in [1.165, 1.54) is 36.1 Å². The maximum absolute atomic E-state index is 13.4. The summed E-state index contributed by atoms with van der Waals surface area (Å²) in [7, 11) is 0.842. The molecule has 0 aromatic heterocycles. The van der Waals surface area contributed by atoms with Gasteiger partial charge in [0.25, 0.3) is 11.8 Å². The van der Waals surface area contributed by atoms with Crippen LogP contribution in [0.1, 0.15) is 84.0 Å². The number of carbonyl (C=O) groups is 6. The fourth-order valence-electron chi connectivity index (χ4n) is 9.24. The monoisotopic (exact) mass is 1080 g/mol. The molecule has 20 heteroatoms. The highest BCUT2D eigenvalue weighted by molar-refractivity contribution is 6.07. The molecule has 12 nitrogen and oxygen atoms in total. The molecule has 0 fully saturated rings. The van der Waals surface area contributed by atoms with E-state index < -0.39 is 65.6 Å². The number of hydrogen-bond donors (Lipinski definition) is 3. The molecule has 0 saturated carbocycles. The number of rotatable bonds is 16. The molecule has 6 N–H and O–H groups in total. The lowest BCUT2D eigenvalue weighted by molar-refractivity contribution is -0.190. The average Bonchev–Trinajstić information content (AvgIpc) is 4.20. The summed E-state index contributed by atoms with van der Waals surface area (Å²) in [5, 5.41) is 0. The maximum atomic E-state index is 13.4. The summed E-state index contributed by atoms with van der Waals surface area (Å²) in [5.74, 6) is -25.1. The smallest absolute Gasteiger partial charge is 0.437 e. The quantitative estimate of drug-likeness (QED) is 0.0421. The lowest BCUT2D eigenvalue weighted by Gasteiger charge is -2.16. The van der Waals surface area contributed by atoms with Crippen molar-refractivity contribution in [3.8, 4) is 0 Å². The van der Waals surface area contributed by atoms with Gasteiger partial charge < -0.3 is 31.4 Å². The van der Waals surface area contributed by atoms with Gasteiger partial charge in [0.05, 0.1) is 26.9 Å². The second kappa shape index (κ2) is 28.0. The molecule has 414 valence electrons. The summed E-state index contributed by atoms with van der Waals surface area (Å²) in [5.41, 5.74) is 25.2. The summed E-state index contributed by atoms with van der Waals surface area (Å²) >= 11 is 0. The molecule has 1 amide bonds. The number of fused-ring (bicyclic) bond motifs is 4. The number of methoxy groups -OCH3 is 1. The number of carbonyl (C=O) groups excluding carboxylic acids is 6. The van der Waals surface area contributed by atoms with Crippen LogP contribution in [0.3, 0.4) is 0 Å². The Morgan fingerprint density at radius 1 is 0.487 bits per heavy atom. The van der Waals surface area contributed by atoms with Crippen LogP contribution in [0.5, 0.6) is 0 Å². The lowest BCUT2D eigenvalue weighted by atomic mass is 9.96. The fraction of sp³-hybridized carbons (Fsp3) is 0.464. The predicted octanol–water partition coefficient (Wildman–Crippen LogP) is 8.29. The Hall–Kier alpha value is -6.54. The Balaban J connectivity index is 0.000000208. The number of primary amides is 1. The zero-order chi connectivity index (χ0) is 56.4. The van der Waals surface area contributed by atoms with Crippen molar-refractivity contribution in [1.29, 1.82) is 0 Å². The summed E-state index contributed by atoms with van der Waals surface area (Å²) in [6, 6.07) is 32.3. The molecular formula is C56H65F8N3O9. The standard InChI is InChI=1S/C14H14F2O3.C13H13F2NO2.C13H17F2N.C9H11N.C7H10F2O4/c1-19-13(18)14(15,16)12(17)8-9-6-10-4-2-3-5-11(10)7-9;14-13(15,12(16)18)11(17)7-8-5-9-3-1-2-4-10(9)6-8;14-13(15,9-16)6-5-10-7-11-3-1-2-4-12(11)8-10;10-9-5-7-3-1-2-4-8(7)6-9;1-3-12-5(10)7(8,9)6(11)13-4-2/h2-5,9H,6-8H2,1H3;1-4,8H,5-7H2,(H2,16,18);1-4,10H,5-9,16H2;1-4,9H,5-6,10H2;3-4H2,1-2H3. The van der Waals surface area contributed by atoms with Crippen molar-refractivity contribution < 1.29 is 78.1 Å². The summed E-state index contributed by atoms with van der Waals surface area (Å²) in [4.78, 5) is 65.3. The molecule has 8 rings (SSSR count). The molecule has 0 heterocycles. The van der Waals surface area contributed by atoms with Crippen LogP contribution < -0.4 is 17.2 Å². The minimum atomic E-state index is -4.20. The van der Waals surface area contributed by atoms with Crippen LogP contribution >= 0.6 is 0 Å². The normalized spacial score (nSPS) is 15.0. The number of ether oxygens (including phenoxy) is 3. The number of alkyl halides is 8. The SMILES string of the molecule is CCOC(=O)C(F)(F)C(=O)OCC.COC(=O)C(F)(F)C(=O)CC1Cc2ccccc2C1.NC(=O)C(F)(F)C(=O)CC1Cc2ccccc2C1.NC1Cc2ccccc2C1.NCC(F)(F)CCC1Cc2ccccc2C1. The Bertz CT molecular complexity index is 2510. The van der Waals surface area contributed by atoms with Gasteiger partial charge in [-0.25, -0.2) is 23.2 Å². The minimum absolute atomic E-state index is 0.0812. The Morgan fingerprint density at radius 2 is 0.789 bits per heavy atom. The van der Waals surface area contributed by atoms with Crippen molar-refractivity contribution in [3.05, 3.63) is 142 Å². The van der Waals surface area contributed by atoms with Gasteiger partial charge in [0.15, 0.2) is 0 Å². The third-order valence-corrected chi connectivity index (χ3v) is 13.2. The van der Waals surface area contributed by atoms with Gasteiger partial charge in [-0.05, 0) is 134 Å². The first kappa shape index (κ1) is 62.0. The van der Waals surface area contributed by atoms with Gasteiger partial charge in [-0.15, -0.1) is 0 Å². The number of amides is 1. The van der Waals surface area contributed by atoms with Crippen LogP contribution in [0.25, 0.3) is 0 Å². The van der Waals surface area contributed by atoms with E-state index in [4.69, 9.17) is 11.5 Å². The Kier molecular flexibility index (Phi) is 22.9. The first-order chi connectivity index (χ1) is 35.8. The molecule has 0 atom stereocenters. The number of Topliss-reactive ketones (excluding diaryl/α,β-unsaturated/α-hetero) is 2. The topological polar surface area (TPSA) is 208 Å². The number of nitrogens with two attached hydrogens (primary N) is 3. The summed E-state index contributed by atoms with van der Waals surface area (Å²) < 4.78 is 116. The van der Waals surface area contributed by atoms with Gasteiger partial charge in [0, 0.05) is 25.3 Å². The first-order valence-electron chi connectivity index (χ1n) is 24.8. The van der Waals surface area contributed by atoms with E-state index in [0.29, 0.717) is 44.1 Å². The molecule has 76 heavy (non-hydrogen) atoms. The third-order valence-electron chi connectivity index (χ3n) is 13.2. The van der Waals surface area contributed by atoms with E-state index in [1.807, 2.05) is 60.7 Å².